The lowest BCUT2D eigenvalue weighted by Gasteiger charge is -2.31. The van der Waals surface area contributed by atoms with Crippen molar-refractivity contribution in [2.24, 2.45) is 7.05 Å². The molecule has 2 N–H and O–H groups in total. The van der Waals surface area contributed by atoms with Crippen molar-refractivity contribution in [1.29, 1.82) is 0 Å². The summed E-state index contributed by atoms with van der Waals surface area (Å²) in [6.45, 7) is 3.32. The molecule has 4 aromatic rings. The zero-order valence-corrected chi connectivity index (χ0v) is 21.9. The second-order valence-corrected chi connectivity index (χ2v) is 10.4. The number of nitrogens with one attached hydrogen (secondary N) is 2. The second-order valence-electron chi connectivity index (χ2n) is 9.36. The van der Waals surface area contributed by atoms with Gasteiger partial charge < -0.3 is 15.5 Å². The molecule has 10 nitrogen and oxygen atoms in total. The van der Waals surface area contributed by atoms with Gasteiger partial charge in [-0.1, -0.05) is 0 Å². The number of fused-ring (bicyclic) bond motifs is 1. The molecule has 202 valence electrons. The van der Waals surface area contributed by atoms with Crippen molar-refractivity contribution in [3.8, 4) is 10.6 Å². The fraction of sp³-hybridized carbons (Fsp3) is 0.280. The van der Waals surface area contributed by atoms with Gasteiger partial charge in [-0.2, -0.15) is 18.3 Å². The molecule has 2 amide bonds. The first-order chi connectivity index (χ1) is 18.4. The van der Waals surface area contributed by atoms with Crippen LogP contribution in [0.3, 0.4) is 0 Å². The summed E-state index contributed by atoms with van der Waals surface area (Å²) in [5.74, 6) is 0.304. The number of halogens is 3. The Morgan fingerprint density at radius 1 is 1.10 bits per heavy atom. The number of pyridine rings is 1. The molecule has 14 heteroatoms. The van der Waals surface area contributed by atoms with E-state index in [0.29, 0.717) is 17.2 Å². The number of carbonyl (C=O) groups excluding carboxylic acids is 2. The van der Waals surface area contributed by atoms with Gasteiger partial charge in [-0.25, -0.2) is 9.97 Å². The van der Waals surface area contributed by atoms with Crippen LogP contribution in [0.5, 0.6) is 0 Å². The maximum Gasteiger partial charge on any atom is 0.433 e. The third-order valence-corrected chi connectivity index (χ3v) is 7.78. The van der Waals surface area contributed by atoms with Crippen molar-refractivity contribution in [3.63, 3.8) is 0 Å². The molecule has 39 heavy (non-hydrogen) atoms. The van der Waals surface area contributed by atoms with Gasteiger partial charge in [0, 0.05) is 36.9 Å². The number of thiophene rings is 1. The van der Waals surface area contributed by atoms with Crippen LogP contribution in [0.1, 0.15) is 40.3 Å². The minimum atomic E-state index is -4.58. The molecule has 0 saturated carbocycles. The Balaban J connectivity index is 1.28. The first-order valence-corrected chi connectivity index (χ1v) is 12.6. The molecule has 0 spiro atoms. The second kappa shape index (κ2) is 9.76. The lowest BCUT2D eigenvalue weighted by atomic mass is 10.0. The molecule has 1 aliphatic heterocycles. The highest BCUT2D eigenvalue weighted by molar-refractivity contribution is 7.16. The molecule has 5 heterocycles. The first-order valence-electron chi connectivity index (χ1n) is 11.8. The van der Waals surface area contributed by atoms with Crippen molar-refractivity contribution >= 4 is 34.9 Å². The molecular formula is C25H23F3N8O2S. The number of nitrogens with zero attached hydrogens (tertiary/aromatic N) is 6. The number of hydrogen-bond donors (Lipinski definition) is 2. The molecule has 1 aliphatic rings. The molecule has 0 atom stereocenters. The van der Waals surface area contributed by atoms with Crippen LogP contribution >= 0.6 is 11.3 Å². The monoisotopic (exact) mass is 556 g/mol. The Labute approximate surface area is 224 Å². The molecular weight excluding hydrogens is 533 g/mol. The maximum absolute atomic E-state index is 13.3. The minimum Gasteiger partial charge on any atom is -0.350 e. The lowest BCUT2D eigenvalue weighted by molar-refractivity contribution is -0.141. The first kappa shape index (κ1) is 26.3. The zero-order chi connectivity index (χ0) is 27.9. The highest BCUT2D eigenvalue weighted by Gasteiger charge is 2.45. The Kier molecular flexibility index (Phi) is 6.58. The summed E-state index contributed by atoms with van der Waals surface area (Å²) >= 11 is 1.41. The van der Waals surface area contributed by atoms with E-state index in [4.69, 9.17) is 0 Å². The van der Waals surface area contributed by atoms with Gasteiger partial charge in [0.2, 0.25) is 11.9 Å². The van der Waals surface area contributed by atoms with Gasteiger partial charge in [-0.05, 0) is 43.7 Å². The molecule has 0 bridgehead atoms. The van der Waals surface area contributed by atoms with Crippen molar-refractivity contribution in [1.82, 2.24) is 34.9 Å². The molecule has 0 radical (unpaired) electrons. The summed E-state index contributed by atoms with van der Waals surface area (Å²) in [4.78, 5) is 41.1. The van der Waals surface area contributed by atoms with Crippen LogP contribution < -0.4 is 10.6 Å². The van der Waals surface area contributed by atoms with E-state index in [-0.39, 0.29) is 24.6 Å². The summed E-state index contributed by atoms with van der Waals surface area (Å²) in [5, 5.41) is 9.80. The molecule has 4 aromatic heterocycles. The number of rotatable bonds is 7. The minimum absolute atomic E-state index is 0.123. The van der Waals surface area contributed by atoms with Crippen LogP contribution in [0.25, 0.3) is 10.6 Å². The number of hydrogen-bond acceptors (Lipinski definition) is 8. The highest BCUT2D eigenvalue weighted by Crippen LogP contribution is 2.45. The van der Waals surface area contributed by atoms with Crippen molar-refractivity contribution < 1.29 is 22.8 Å². The summed E-state index contributed by atoms with van der Waals surface area (Å²) < 4.78 is 40.4. The highest BCUT2D eigenvalue weighted by atomic mass is 32.1. The standard InChI is InChI=1S/C25H23F3N8O2S/c1-24(2)21-15(11-17(39-21)16-5-8-30-23(33-16)34-19-6-9-32-35(19)3)22(38)36(24)13-20(37)31-12-14-4-7-29-18(10-14)25(26,27)28/h4-11H,12-13H2,1-3H3,(H,31,37)(H,30,33,34). The predicted molar refractivity (Wildman–Crippen MR) is 137 cm³/mol. The van der Waals surface area contributed by atoms with E-state index in [1.165, 1.54) is 22.3 Å². The van der Waals surface area contributed by atoms with E-state index in [2.05, 4.69) is 30.7 Å². The summed E-state index contributed by atoms with van der Waals surface area (Å²) in [7, 11) is 1.79. The third-order valence-electron chi connectivity index (χ3n) is 6.31. The fourth-order valence-electron chi connectivity index (χ4n) is 4.23. The Morgan fingerprint density at radius 3 is 2.56 bits per heavy atom. The molecule has 0 aliphatic carbocycles. The SMILES string of the molecule is Cn1nccc1Nc1nccc(-c2cc3c(s2)C(C)(C)N(CC(=O)NCc2ccnc(C(F)(F)F)c2)C3=O)n1. The van der Waals surface area contributed by atoms with Gasteiger partial charge in [-0.15, -0.1) is 11.3 Å². The molecule has 5 rings (SSSR count). The summed E-state index contributed by atoms with van der Waals surface area (Å²) in [6, 6.07) is 7.58. The fourth-order valence-corrected chi connectivity index (χ4v) is 5.46. The molecule has 0 saturated heterocycles. The largest absolute Gasteiger partial charge is 0.433 e. The smallest absolute Gasteiger partial charge is 0.350 e. The number of amides is 2. The molecule has 0 aromatic carbocycles. The molecule has 0 fully saturated rings. The van der Waals surface area contributed by atoms with E-state index >= 15 is 0 Å². The van der Waals surface area contributed by atoms with Crippen LogP contribution in [0.15, 0.2) is 48.9 Å². The molecule has 0 unspecified atom stereocenters. The Hall–Kier alpha value is -4.33. The third kappa shape index (κ3) is 5.19. The van der Waals surface area contributed by atoms with Crippen LogP contribution in [0.2, 0.25) is 0 Å². The van der Waals surface area contributed by atoms with Gasteiger partial charge in [0.05, 0.1) is 27.9 Å². The number of aryl methyl sites for hydroxylation is 1. The van der Waals surface area contributed by atoms with E-state index < -0.39 is 23.3 Å². The van der Waals surface area contributed by atoms with Gasteiger partial charge >= 0.3 is 6.18 Å². The number of carbonyl (C=O) groups is 2. The predicted octanol–water partition coefficient (Wildman–Crippen LogP) is 4.10. The maximum atomic E-state index is 13.3. The van der Waals surface area contributed by atoms with Crippen LogP contribution in [-0.4, -0.2) is 48.0 Å². The average molecular weight is 557 g/mol. The summed E-state index contributed by atoms with van der Waals surface area (Å²) in [6.07, 6.45) is -0.261. The van der Waals surface area contributed by atoms with Crippen molar-refractivity contribution in [2.45, 2.75) is 32.1 Å². The van der Waals surface area contributed by atoms with Gasteiger partial charge in [0.25, 0.3) is 5.91 Å². The van der Waals surface area contributed by atoms with E-state index in [9.17, 15) is 22.8 Å². The van der Waals surface area contributed by atoms with Gasteiger partial charge in [0.15, 0.2) is 0 Å². The Bertz CT molecular complexity index is 1560. The lowest BCUT2D eigenvalue weighted by Crippen LogP contribution is -2.45. The topological polar surface area (TPSA) is 118 Å². The van der Waals surface area contributed by atoms with Gasteiger partial charge in [-0.3, -0.25) is 19.3 Å². The normalized spacial score (nSPS) is 14.4. The van der Waals surface area contributed by atoms with E-state index in [1.54, 1.807) is 42.3 Å². The van der Waals surface area contributed by atoms with Crippen LogP contribution in [-0.2, 0) is 30.1 Å². The van der Waals surface area contributed by atoms with Crippen molar-refractivity contribution in [2.75, 3.05) is 11.9 Å². The van der Waals surface area contributed by atoms with E-state index in [0.717, 1.165) is 27.8 Å². The van der Waals surface area contributed by atoms with E-state index in [1.807, 2.05) is 13.8 Å². The number of aromatic nitrogens is 5. The quantitative estimate of drug-likeness (QED) is 0.352. The van der Waals surface area contributed by atoms with Crippen molar-refractivity contribution in [3.05, 3.63) is 70.6 Å². The Morgan fingerprint density at radius 2 is 1.87 bits per heavy atom. The van der Waals surface area contributed by atoms with Crippen LogP contribution in [0, 0.1) is 0 Å². The number of alkyl halides is 3. The summed E-state index contributed by atoms with van der Waals surface area (Å²) in [5.41, 5.74) is -0.443. The number of anilines is 2. The zero-order valence-electron chi connectivity index (χ0n) is 21.1. The average Bonchev–Trinajstić information content (AvgIpc) is 3.56. The van der Waals surface area contributed by atoms with Gasteiger partial charge in [0.1, 0.15) is 18.1 Å². The van der Waals surface area contributed by atoms with Crippen LogP contribution in [0.4, 0.5) is 24.9 Å².